The maximum atomic E-state index is 11.7. The van der Waals surface area contributed by atoms with E-state index >= 15 is 0 Å². The lowest BCUT2D eigenvalue weighted by molar-refractivity contribution is -0.0212. The van der Waals surface area contributed by atoms with Crippen LogP contribution in [0.1, 0.15) is 30.9 Å². The molecule has 22 heavy (non-hydrogen) atoms. The zero-order valence-electron chi connectivity index (χ0n) is 13.2. The van der Waals surface area contributed by atoms with Crippen LogP contribution in [0.5, 0.6) is 0 Å². The third-order valence-corrected chi connectivity index (χ3v) is 4.09. The predicted molar refractivity (Wildman–Crippen MR) is 85.5 cm³/mol. The molecule has 120 valence electrons. The maximum Gasteiger partial charge on any atom is 0.315 e. The molecule has 0 unspecified atom stereocenters. The molecule has 0 bridgehead atoms. The van der Waals surface area contributed by atoms with Crippen molar-refractivity contribution in [3.8, 4) is 0 Å². The van der Waals surface area contributed by atoms with Crippen molar-refractivity contribution in [1.29, 1.82) is 0 Å². The number of hydrogen-bond donors (Lipinski definition) is 2. The Morgan fingerprint density at radius 2 is 2.18 bits per heavy atom. The molecular formula is C17H25N3O2. The summed E-state index contributed by atoms with van der Waals surface area (Å²) in [6.07, 6.45) is 2.53. The van der Waals surface area contributed by atoms with E-state index in [9.17, 15) is 4.79 Å². The van der Waals surface area contributed by atoms with Gasteiger partial charge in [-0.1, -0.05) is 24.3 Å². The van der Waals surface area contributed by atoms with Gasteiger partial charge in [0.25, 0.3) is 0 Å². The van der Waals surface area contributed by atoms with Crippen LogP contribution in [0, 0.1) is 0 Å². The molecule has 5 heteroatoms. The largest absolute Gasteiger partial charge is 0.376 e. The number of carbonyl (C=O) groups is 1. The van der Waals surface area contributed by atoms with Gasteiger partial charge in [-0.25, -0.2) is 4.79 Å². The van der Waals surface area contributed by atoms with Gasteiger partial charge in [0.05, 0.1) is 12.7 Å². The standard InChI is InChI=1S/C17H25N3O2/c1-13-11-20(7-8-22-13)12-15-4-2-3-14(9-15)10-18-17(21)19-16-5-6-16/h2-4,9,13,16H,5-8,10-12H2,1H3,(H2,18,19,21)/t13-/m0/s1. The van der Waals surface area contributed by atoms with E-state index in [-0.39, 0.29) is 6.03 Å². The van der Waals surface area contributed by atoms with Crippen molar-refractivity contribution < 1.29 is 9.53 Å². The predicted octanol–water partition coefficient (Wildman–Crippen LogP) is 1.87. The van der Waals surface area contributed by atoms with Gasteiger partial charge in [0.1, 0.15) is 0 Å². The quantitative estimate of drug-likeness (QED) is 0.873. The van der Waals surface area contributed by atoms with Crippen LogP contribution in [0.4, 0.5) is 4.79 Å². The Bertz CT molecular complexity index is 516. The molecule has 2 N–H and O–H groups in total. The lowest BCUT2D eigenvalue weighted by atomic mass is 10.1. The summed E-state index contributed by atoms with van der Waals surface area (Å²) in [5, 5.41) is 5.86. The zero-order chi connectivity index (χ0) is 15.4. The first-order chi connectivity index (χ1) is 10.7. The van der Waals surface area contributed by atoms with Crippen molar-refractivity contribution in [2.45, 2.75) is 45.0 Å². The minimum atomic E-state index is -0.0603. The number of nitrogens with one attached hydrogen (secondary N) is 2. The Kier molecular flexibility index (Phi) is 4.95. The molecule has 0 aromatic heterocycles. The van der Waals surface area contributed by atoms with Crippen molar-refractivity contribution >= 4 is 6.03 Å². The summed E-state index contributed by atoms with van der Waals surface area (Å²) in [4.78, 5) is 14.1. The molecule has 0 spiro atoms. The third kappa shape index (κ3) is 4.71. The Balaban J connectivity index is 1.49. The monoisotopic (exact) mass is 303 g/mol. The Labute approximate surface area is 132 Å². The van der Waals surface area contributed by atoms with E-state index in [1.54, 1.807) is 0 Å². The van der Waals surface area contributed by atoms with Crippen LogP contribution in [0.3, 0.4) is 0 Å². The van der Waals surface area contributed by atoms with Gasteiger partial charge < -0.3 is 15.4 Å². The number of carbonyl (C=O) groups excluding carboxylic acids is 1. The number of urea groups is 1. The van der Waals surface area contributed by atoms with Gasteiger partial charge in [0, 0.05) is 32.2 Å². The minimum Gasteiger partial charge on any atom is -0.376 e. The van der Waals surface area contributed by atoms with Crippen molar-refractivity contribution in [1.82, 2.24) is 15.5 Å². The highest BCUT2D eigenvalue weighted by Crippen LogP contribution is 2.18. The van der Waals surface area contributed by atoms with Crippen LogP contribution in [-0.4, -0.2) is 42.8 Å². The fraction of sp³-hybridized carbons (Fsp3) is 0.588. The van der Waals surface area contributed by atoms with Crippen LogP contribution in [0.15, 0.2) is 24.3 Å². The molecule has 2 aliphatic rings. The highest BCUT2D eigenvalue weighted by atomic mass is 16.5. The average Bonchev–Trinajstić information content (AvgIpc) is 3.30. The summed E-state index contributed by atoms with van der Waals surface area (Å²) < 4.78 is 5.57. The third-order valence-electron chi connectivity index (χ3n) is 4.09. The number of benzene rings is 1. The van der Waals surface area contributed by atoms with Crippen LogP contribution >= 0.6 is 0 Å². The molecule has 1 aromatic rings. The second-order valence-electron chi connectivity index (χ2n) is 6.34. The van der Waals surface area contributed by atoms with Crippen LogP contribution < -0.4 is 10.6 Å². The molecule has 1 aliphatic heterocycles. The molecule has 1 saturated carbocycles. The molecule has 2 fully saturated rings. The van der Waals surface area contributed by atoms with E-state index in [0.29, 0.717) is 18.7 Å². The molecule has 1 aromatic carbocycles. The number of morpholine rings is 1. The Morgan fingerprint density at radius 1 is 1.36 bits per heavy atom. The van der Waals surface area contributed by atoms with E-state index in [4.69, 9.17) is 4.74 Å². The lowest BCUT2D eigenvalue weighted by Gasteiger charge is -2.31. The highest BCUT2D eigenvalue weighted by molar-refractivity contribution is 5.74. The van der Waals surface area contributed by atoms with Gasteiger partial charge >= 0.3 is 6.03 Å². The topological polar surface area (TPSA) is 53.6 Å². The molecule has 1 aliphatic carbocycles. The van der Waals surface area contributed by atoms with Crippen molar-refractivity contribution in [2.75, 3.05) is 19.7 Å². The molecule has 1 saturated heterocycles. The molecule has 3 rings (SSSR count). The summed E-state index contributed by atoms with van der Waals surface area (Å²) >= 11 is 0. The number of nitrogens with zero attached hydrogens (tertiary/aromatic N) is 1. The van der Waals surface area contributed by atoms with Crippen molar-refractivity contribution in [2.24, 2.45) is 0 Å². The maximum absolute atomic E-state index is 11.7. The van der Waals surface area contributed by atoms with Gasteiger partial charge in [-0.2, -0.15) is 0 Å². The highest BCUT2D eigenvalue weighted by Gasteiger charge is 2.23. The lowest BCUT2D eigenvalue weighted by Crippen LogP contribution is -2.40. The zero-order valence-corrected chi connectivity index (χ0v) is 13.2. The number of hydrogen-bond acceptors (Lipinski definition) is 3. The summed E-state index contributed by atoms with van der Waals surface area (Å²) in [6.45, 7) is 6.40. The molecule has 0 radical (unpaired) electrons. The average molecular weight is 303 g/mol. The molecule has 5 nitrogen and oxygen atoms in total. The van der Waals surface area contributed by atoms with Crippen molar-refractivity contribution in [3.63, 3.8) is 0 Å². The van der Waals surface area contributed by atoms with Crippen LogP contribution in [-0.2, 0) is 17.8 Å². The molecule has 1 atom stereocenters. The number of ether oxygens (including phenoxy) is 1. The molecule has 2 amide bonds. The van der Waals surface area contributed by atoms with Gasteiger partial charge in [-0.05, 0) is 30.9 Å². The van der Waals surface area contributed by atoms with Gasteiger partial charge in [-0.15, -0.1) is 0 Å². The van der Waals surface area contributed by atoms with E-state index in [1.165, 1.54) is 5.56 Å². The van der Waals surface area contributed by atoms with E-state index in [1.807, 2.05) is 0 Å². The summed E-state index contributed by atoms with van der Waals surface area (Å²) in [5.74, 6) is 0. The van der Waals surface area contributed by atoms with Gasteiger partial charge in [0.2, 0.25) is 0 Å². The summed E-state index contributed by atoms with van der Waals surface area (Å²) in [6, 6.07) is 8.79. The first-order valence-corrected chi connectivity index (χ1v) is 8.15. The summed E-state index contributed by atoms with van der Waals surface area (Å²) in [5.41, 5.74) is 2.43. The van der Waals surface area contributed by atoms with E-state index in [0.717, 1.165) is 44.6 Å². The Hall–Kier alpha value is -1.59. The van der Waals surface area contributed by atoms with Gasteiger partial charge in [0.15, 0.2) is 0 Å². The van der Waals surface area contributed by atoms with Crippen LogP contribution in [0.2, 0.25) is 0 Å². The normalized spacial score (nSPS) is 22.3. The first kappa shape index (κ1) is 15.3. The Morgan fingerprint density at radius 3 is 2.95 bits per heavy atom. The van der Waals surface area contributed by atoms with Crippen molar-refractivity contribution in [3.05, 3.63) is 35.4 Å². The SMILES string of the molecule is C[C@H]1CN(Cc2cccc(CNC(=O)NC3CC3)c2)CCO1. The second kappa shape index (κ2) is 7.11. The fourth-order valence-corrected chi connectivity index (χ4v) is 2.78. The molecule has 1 heterocycles. The fourth-order valence-electron chi connectivity index (χ4n) is 2.78. The first-order valence-electron chi connectivity index (χ1n) is 8.15. The van der Waals surface area contributed by atoms with Gasteiger partial charge in [-0.3, -0.25) is 4.90 Å². The number of amides is 2. The minimum absolute atomic E-state index is 0.0603. The van der Waals surface area contributed by atoms with E-state index in [2.05, 4.69) is 46.7 Å². The smallest absolute Gasteiger partial charge is 0.315 e. The van der Waals surface area contributed by atoms with Crippen LogP contribution in [0.25, 0.3) is 0 Å². The summed E-state index contributed by atoms with van der Waals surface area (Å²) in [7, 11) is 0. The number of rotatable bonds is 5. The van der Waals surface area contributed by atoms with E-state index < -0.39 is 0 Å². The second-order valence-corrected chi connectivity index (χ2v) is 6.34. The molecular weight excluding hydrogens is 278 g/mol.